The molecule has 0 aliphatic carbocycles. The number of carbonyl (C=O) groups excluding carboxylic acids is 1. The van der Waals surface area contributed by atoms with Crippen molar-refractivity contribution in [1.29, 1.82) is 0 Å². The molecule has 27 heavy (non-hydrogen) atoms. The summed E-state index contributed by atoms with van der Waals surface area (Å²) in [5.74, 6) is -0.267. The summed E-state index contributed by atoms with van der Waals surface area (Å²) in [5.41, 5.74) is 7.17. The number of carbonyl (C=O) groups is 1. The minimum Gasteiger partial charge on any atom is -0.381 e. The highest BCUT2D eigenvalue weighted by atomic mass is 32.2. The lowest BCUT2D eigenvalue weighted by atomic mass is 9.73. The first-order chi connectivity index (χ1) is 13.2. The van der Waals surface area contributed by atoms with E-state index in [2.05, 4.69) is 29.4 Å². The van der Waals surface area contributed by atoms with Gasteiger partial charge in [-0.15, -0.1) is 0 Å². The molecular weight excluding hydrogens is 358 g/mol. The lowest BCUT2D eigenvalue weighted by Crippen LogP contribution is -2.45. The van der Waals surface area contributed by atoms with Crippen molar-refractivity contribution in [2.24, 2.45) is 5.73 Å². The summed E-state index contributed by atoms with van der Waals surface area (Å²) in [5, 5.41) is 4.24. The van der Waals surface area contributed by atoms with Gasteiger partial charge in [-0.05, 0) is 60.9 Å². The van der Waals surface area contributed by atoms with Crippen molar-refractivity contribution in [1.82, 2.24) is 9.78 Å². The molecule has 1 amide bonds. The number of ether oxygens (including phenoxy) is 1. The van der Waals surface area contributed by atoms with Crippen molar-refractivity contribution in [3.8, 4) is 5.69 Å². The minimum absolute atomic E-state index is 0.267. The van der Waals surface area contributed by atoms with Gasteiger partial charge >= 0.3 is 0 Å². The summed E-state index contributed by atoms with van der Waals surface area (Å²) in [6.45, 7) is 1.13. The Bertz CT molecular complexity index is 917. The van der Waals surface area contributed by atoms with E-state index in [1.165, 1.54) is 0 Å². The highest BCUT2D eigenvalue weighted by Gasteiger charge is 2.40. The van der Waals surface area contributed by atoms with Gasteiger partial charge in [-0.2, -0.15) is 5.10 Å². The SMILES string of the molecule is NC(=O)C1(c2cccc(Sc3ccc(-n4cccn4)cc3)c2)CCOCC1. The van der Waals surface area contributed by atoms with Crippen molar-refractivity contribution in [3.05, 3.63) is 72.6 Å². The van der Waals surface area contributed by atoms with Crippen LogP contribution >= 0.6 is 11.8 Å². The van der Waals surface area contributed by atoms with Crippen molar-refractivity contribution in [3.63, 3.8) is 0 Å². The largest absolute Gasteiger partial charge is 0.381 e. The zero-order valence-electron chi connectivity index (χ0n) is 14.9. The van der Waals surface area contributed by atoms with Crippen LogP contribution in [0.15, 0.2) is 76.8 Å². The molecule has 1 aliphatic rings. The lowest BCUT2D eigenvalue weighted by Gasteiger charge is -2.34. The number of hydrogen-bond acceptors (Lipinski definition) is 4. The molecule has 2 heterocycles. The summed E-state index contributed by atoms with van der Waals surface area (Å²) in [4.78, 5) is 14.5. The van der Waals surface area contributed by atoms with Crippen LogP contribution in [0.5, 0.6) is 0 Å². The molecule has 0 unspecified atom stereocenters. The molecule has 1 aromatic heterocycles. The molecular formula is C21H21N3O2S. The topological polar surface area (TPSA) is 70.1 Å². The summed E-state index contributed by atoms with van der Waals surface area (Å²) in [7, 11) is 0. The van der Waals surface area contributed by atoms with E-state index in [-0.39, 0.29) is 5.91 Å². The van der Waals surface area contributed by atoms with Gasteiger partial charge in [-0.25, -0.2) is 4.68 Å². The Morgan fingerprint density at radius 2 is 1.85 bits per heavy atom. The summed E-state index contributed by atoms with van der Waals surface area (Å²) >= 11 is 1.67. The van der Waals surface area contributed by atoms with Gasteiger partial charge in [0.05, 0.1) is 11.1 Å². The van der Waals surface area contributed by atoms with Crippen molar-refractivity contribution >= 4 is 17.7 Å². The van der Waals surface area contributed by atoms with Crippen LogP contribution in [0.3, 0.4) is 0 Å². The molecule has 0 radical (unpaired) electrons. The second-order valence-electron chi connectivity index (χ2n) is 6.63. The smallest absolute Gasteiger partial charge is 0.228 e. The fourth-order valence-corrected chi connectivity index (χ4v) is 4.36. The first-order valence-corrected chi connectivity index (χ1v) is 9.75. The first kappa shape index (κ1) is 17.8. The van der Waals surface area contributed by atoms with Gasteiger partial charge in [0.25, 0.3) is 0 Å². The van der Waals surface area contributed by atoms with E-state index in [1.807, 2.05) is 41.2 Å². The highest BCUT2D eigenvalue weighted by molar-refractivity contribution is 7.99. The molecule has 5 nitrogen and oxygen atoms in total. The van der Waals surface area contributed by atoms with Crippen LogP contribution in [0.4, 0.5) is 0 Å². The average molecular weight is 379 g/mol. The number of aromatic nitrogens is 2. The van der Waals surface area contributed by atoms with Crippen LogP contribution in [0, 0.1) is 0 Å². The minimum atomic E-state index is -0.626. The fourth-order valence-electron chi connectivity index (χ4n) is 3.48. The van der Waals surface area contributed by atoms with E-state index in [0.29, 0.717) is 26.1 Å². The molecule has 1 aliphatic heterocycles. The molecule has 2 aromatic carbocycles. The predicted octanol–water partition coefficient (Wildman–Crippen LogP) is 3.56. The maximum Gasteiger partial charge on any atom is 0.228 e. The third kappa shape index (κ3) is 3.63. The number of benzene rings is 2. The average Bonchev–Trinajstić information content (AvgIpc) is 3.24. The number of amides is 1. The van der Waals surface area contributed by atoms with Crippen LogP contribution in [0.2, 0.25) is 0 Å². The predicted molar refractivity (Wildman–Crippen MR) is 105 cm³/mol. The second-order valence-corrected chi connectivity index (χ2v) is 7.78. The summed E-state index contributed by atoms with van der Waals surface area (Å²) in [6.07, 6.45) is 4.95. The van der Waals surface area contributed by atoms with Crippen LogP contribution in [-0.2, 0) is 14.9 Å². The van der Waals surface area contributed by atoms with E-state index >= 15 is 0 Å². The van der Waals surface area contributed by atoms with Crippen LogP contribution in [0.1, 0.15) is 18.4 Å². The van der Waals surface area contributed by atoms with E-state index in [9.17, 15) is 4.79 Å². The Morgan fingerprint density at radius 1 is 1.07 bits per heavy atom. The Balaban J connectivity index is 1.56. The van der Waals surface area contributed by atoms with Gasteiger partial charge in [0, 0.05) is 35.4 Å². The first-order valence-electron chi connectivity index (χ1n) is 8.93. The number of hydrogen-bond donors (Lipinski definition) is 1. The molecule has 6 heteroatoms. The molecule has 0 bridgehead atoms. The fraction of sp³-hybridized carbons (Fsp3) is 0.238. The molecule has 4 rings (SSSR count). The summed E-state index contributed by atoms with van der Waals surface area (Å²) in [6, 6.07) is 18.3. The molecule has 1 saturated heterocycles. The molecule has 0 saturated carbocycles. The van der Waals surface area contributed by atoms with Crippen molar-refractivity contribution in [2.45, 2.75) is 28.0 Å². The van der Waals surface area contributed by atoms with Gasteiger partial charge < -0.3 is 10.5 Å². The summed E-state index contributed by atoms with van der Waals surface area (Å²) < 4.78 is 7.27. The van der Waals surface area contributed by atoms with Crippen LogP contribution in [-0.4, -0.2) is 28.9 Å². The van der Waals surface area contributed by atoms with Crippen LogP contribution < -0.4 is 5.73 Å². The third-order valence-corrected chi connectivity index (χ3v) is 6.04. The van der Waals surface area contributed by atoms with E-state index < -0.39 is 5.41 Å². The molecule has 2 N–H and O–H groups in total. The number of nitrogens with two attached hydrogens (primary N) is 1. The Labute approximate surface area is 162 Å². The number of rotatable bonds is 5. The van der Waals surface area contributed by atoms with Crippen molar-refractivity contribution < 1.29 is 9.53 Å². The van der Waals surface area contributed by atoms with Gasteiger partial charge in [0.1, 0.15) is 0 Å². The van der Waals surface area contributed by atoms with Gasteiger partial charge in [-0.1, -0.05) is 23.9 Å². The van der Waals surface area contributed by atoms with Gasteiger partial charge in [-0.3, -0.25) is 4.79 Å². The zero-order valence-corrected chi connectivity index (χ0v) is 15.7. The van der Waals surface area contributed by atoms with Crippen molar-refractivity contribution in [2.75, 3.05) is 13.2 Å². The van der Waals surface area contributed by atoms with E-state index in [4.69, 9.17) is 10.5 Å². The Morgan fingerprint density at radius 3 is 2.52 bits per heavy atom. The maximum absolute atomic E-state index is 12.2. The Kier molecular flexibility index (Phi) is 5.01. The zero-order chi connectivity index (χ0) is 18.7. The third-order valence-electron chi connectivity index (χ3n) is 5.05. The Hall–Kier alpha value is -2.57. The maximum atomic E-state index is 12.2. The lowest BCUT2D eigenvalue weighted by molar-refractivity contribution is -0.127. The van der Waals surface area contributed by atoms with Crippen LogP contribution in [0.25, 0.3) is 5.69 Å². The van der Waals surface area contributed by atoms with Gasteiger partial charge in [0.15, 0.2) is 0 Å². The van der Waals surface area contributed by atoms with Gasteiger partial charge in [0.2, 0.25) is 5.91 Å². The number of primary amides is 1. The standard InChI is InChI=1S/C21H21N3O2S/c22-20(25)21(9-13-26-14-10-21)16-3-1-4-19(15-16)27-18-7-5-17(6-8-18)24-12-2-11-23-24/h1-8,11-12,15H,9-10,13-14H2,(H2,22,25). The molecule has 3 aromatic rings. The van der Waals surface area contributed by atoms with E-state index in [0.717, 1.165) is 21.0 Å². The molecule has 0 spiro atoms. The molecule has 0 atom stereocenters. The quantitative estimate of drug-likeness (QED) is 0.736. The molecule has 138 valence electrons. The monoisotopic (exact) mass is 379 g/mol. The molecule has 1 fully saturated rings. The normalized spacial score (nSPS) is 16.1. The second kappa shape index (κ2) is 7.58. The highest BCUT2D eigenvalue weighted by Crippen LogP contribution is 2.37. The number of nitrogens with zero attached hydrogens (tertiary/aromatic N) is 2. The van der Waals surface area contributed by atoms with E-state index in [1.54, 1.807) is 18.0 Å².